The maximum Gasteiger partial charge on any atom is 0.159 e. The fraction of sp³-hybridized carbons (Fsp3) is 0.133. The molecule has 2 aromatic rings. The molecule has 98 valence electrons. The van der Waals surface area contributed by atoms with Crippen molar-refractivity contribution in [1.29, 1.82) is 0 Å². The zero-order valence-corrected chi connectivity index (χ0v) is 11.1. The van der Waals surface area contributed by atoms with Gasteiger partial charge in [-0.15, -0.1) is 0 Å². The zero-order valence-electron chi connectivity index (χ0n) is 10.3. The molecule has 0 saturated heterocycles. The number of carbonyl (C=O) groups is 1. The molecule has 0 bridgehead atoms. The van der Waals surface area contributed by atoms with E-state index in [2.05, 4.69) is 0 Å². The number of benzene rings is 2. The van der Waals surface area contributed by atoms with Gasteiger partial charge in [-0.2, -0.15) is 0 Å². The number of ketones is 1. The average Bonchev–Trinajstić information content (AvgIpc) is 2.40. The maximum atomic E-state index is 13.1. The van der Waals surface area contributed by atoms with E-state index in [9.17, 15) is 9.18 Å². The normalized spacial score (nSPS) is 10.3. The minimum absolute atomic E-state index is 0.000255. The number of hydrogen-bond donors (Lipinski definition) is 0. The molecule has 0 fully saturated rings. The average molecular weight is 279 g/mol. The third kappa shape index (κ3) is 3.55. The van der Waals surface area contributed by atoms with E-state index in [1.54, 1.807) is 24.3 Å². The van der Waals surface area contributed by atoms with Gasteiger partial charge in [0, 0.05) is 16.1 Å². The van der Waals surface area contributed by atoms with Crippen LogP contribution in [0.4, 0.5) is 4.39 Å². The Bertz CT molecular complexity index is 594. The molecule has 0 atom stereocenters. The summed E-state index contributed by atoms with van der Waals surface area (Å²) in [7, 11) is 0. The van der Waals surface area contributed by atoms with E-state index >= 15 is 0 Å². The monoisotopic (exact) mass is 278 g/mol. The number of rotatable bonds is 4. The van der Waals surface area contributed by atoms with Gasteiger partial charge >= 0.3 is 0 Å². The Kier molecular flexibility index (Phi) is 4.17. The van der Waals surface area contributed by atoms with Crippen LogP contribution in [0.25, 0.3) is 0 Å². The Morgan fingerprint density at radius 1 is 1.21 bits per heavy atom. The van der Waals surface area contributed by atoms with Gasteiger partial charge in [-0.25, -0.2) is 4.39 Å². The highest BCUT2D eigenvalue weighted by Gasteiger charge is 2.04. The molecule has 0 heterocycles. The molecule has 19 heavy (non-hydrogen) atoms. The summed E-state index contributed by atoms with van der Waals surface area (Å²) in [6, 6.07) is 10.9. The van der Waals surface area contributed by atoms with Crippen LogP contribution in [-0.4, -0.2) is 5.78 Å². The van der Waals surface area contributed by atoms with Crippen LogP contribution in [0.5, 0.6) is 5.75 Å². The molecular weight excluding hydrogens is 267 g/mol. The molecule has 0 aliphatic carbocycles. The van der Waals surface area contributed by atoms with Crippen molar-refractivity contribution >= 4 is 17.4 Å². The Balaban J connectivity index is 2.06. The van der Waals surface area contributed by atoms with Crippen LogP contribution >= 0.6 is 11.6 Å². The van der Waals surface area contributed by atoms with Crippen molar-refractivity contribution in [3.05, 3.63) is 64.4 Å². The minimum Gasteiger partial charge on any atom is -0.489 e. The van der Waals surface area contributed by atoms with Crippen molar-refractivity contribution in [2.75, 3.05) is 0 Å². The molecule has 2 rings (SSSR count). The number of hydrogen-bond acceptors (Lipinski definition) is 2. The van der Waals surface area contributed by atoms with E-state index in [1.807, 2.05) is 0 Å². The van der Waals surface area contributed by atoms with Gasteiger partial charge in [0.15, 0.2) is 5.78 Å². The first kappa shape index (κ1) is 13.6. The van der Waals surface area contributed by atoms with Gasteiger partial charge in [0.1, 0.15) is 18.2 Å². The second-order valence-corrected chi connectivity index (χ2v) is 4.51. The first-order valence-electron chi connectivity index (χ1n) is 5.74. The highest BCUT2D eigenvalue weighted by molar-refractivity contribution is 6.31. The molecule has 0 aliphatic rings. The quantitative estimate of drug-likeness (QED) is 0.781. The van der Waals surface area contributed by atoms with Gasteiger partial charge in [-0.05, 0) is 49.4 Å². The molecule has 0 radical (unpaired) electrons. The van der Waals surface area contributed by atoms with Gasteiger partial charge in [0.2, 0.25) is 0 Å². The summed E-state index contributed by atoms with van der Waals surface area (Å²) < 4.78 is 18.6. The highest BCUT2D eigenvalue weighted by Crippen LogP contribution is 2.20. The van der Waals surface area contributed by atoms with Gasteiger partial charge in [0.05, 0.1) is 0 Å². The van der Waals surface area contributed by atoms with E-state index in [0.29, 0.717) is 21.9 Å². The smallest absolute Gasteiger partial charge is 0.159 e. The predicted octanol–water partition coefficient (Wildman–Crippen LogP) is 4.26. The third-order valence-corrected chi connectivity index (χ3v) is 3.03. The zero-order chi connectivity index (χ0) is 13.8. The molecule has 2 aromatic carbocycles. The number of Topliss-reactive ketones (excluding diaryl/α,β-unsaturated/α-hetero) is 1. The van der Waals surface area contributed by atoms with Gasteiger partial charge < -0.3 is 4.74 Å². The topological polar surface area (TPSA) is 26.3 Å². The lowest BCUT2D eigenvalue weighted by Gasteiger charge is -2.08. The van der Waals surface area contributed by atoms with Crippen LogP contribution in [-0.2, 0) is 6.61 Å². The second kappa shape index (κ2) is 5.85. The summed E-state index contributed by atoms with van der Waals surface area (Å²) in [6.45, 7) is 1.68. The van der Waals surface area contributed by atoms with Crippen molar-refractivity contribution in [2.45, 2.75) is 13.5 Å². The van der Waals surface area contributed by atoms with E-state index in [-0.39, 0.29) is 18.2 Å². The van der Waals surface area contributed by atoms with E-state index in [4.69, 9.17) is 16.3 Å². The summed E-state index contributed by atoms with van der Waals surface area (Å²) in [5, 5.41) is 0.460. The van der Waals surface area contributed by atoms with Crippen molar-refractivity contribution in [2.24, 2.45) is 0 Å². The first-order valence-corrected chi connectivity index (χ1v) is 6.12. The lowest BCUT2D eigenvalue weighted by molar-refractivity contribution is 0.101. The van der Waals surface area contributed by atoms with Crippen LogP contribution in [0, 0.1) is 5.82 Å². The molecule has 0 unspecified atom stereocenters. The highest BCUT2D eigenvalue weighted by atomic mass is 35.5. The first-order chi connectivity index (χ1) is 9.06. The largest absolute Gasteiger partial charge is 0.489 e. The molecule has 0 N–H and O–H groups in total. The summed E-state index contributed by atoms with van der Waals surface area (Å²) in [4.78, 5) is 11.1. The molecule has 0 amide bonds. The fourth-order valence-corrected chi connectivity index (χ4v) is 1.77. The van der Waals surface area contributed by atoms with E-state index in [0.717, 1.165) is 0 Å². The Hall–Kier alpha value is -1.87. The number of ether oxygens (including phenoxy) is 1. The second-order valence-electron chi connectivity index (χ2n) is 4.10. The van der Waals surface area contributed by atoms with Crippen LogP contribution < -0.4 is 4.74 Å². The van der Waals surface area contributed by atoms with Crippen molar-refractivity contribution < 1.29 is 13.9 Å². The molecule has 4 heteroatoms. The lowest BCUT2D eigenvalue weighted by atomic mass is 10.1. The van der Waals surface area contributed by atoms with Gasteiger partial charge in [-0.1, -0.05) is 11.6 Å². The van der Waals surface area contributed by atoms with Crippen molar-refractivity contribution in [1.82, 2.24) is 0 Å². The Labute approximate surface area is 115 Å². The predicted molar refractivity (Wildman–Crippen MR) is 72.2 cm³/mol. The van der Waals surface area contributed by atoms with E-state index in [1.165, 1.54) is 25.1 Å². The number of halogens is 2. The molecule has 2 nitrogen and oxygen atoms in total. The lowest BCUT2D eigenvalue weighted by Crippen LogP contribution is -1.98. The van der Waals surface area contributed by atoms with Crippen molar-refractivity contribution in [3.63, 3.8) is 0 Å². The number of carbonyl (C=O) groups excluding carboxylic acids is 1. The molecule has 0 aliphatic heterocycles. The molecule has 0 aromatic heterocycles. The Morgan fingerprint density at radius 2 is 1.89 bits per heavy atom. The summed E-state index contributed by atoms with van der Waals surface area (Å²) in [5.41, 5.74) is 1.20. The van der Waals surface area contributed by atoms with Crippen LogP contribution in [0.2, 0.25) is 5.02 Å². The standard InChI is InChI=1S/C15H12ClFO2/c1-10(18)11-2-5-14(6-3-11)19-9-12-8-13(17)4-7-15(12)16/h2-8H,9H2,1H3. The summed E-state index contributed by atoms with van der Waals surface area (Å²) in [6.07, 6.45) is 0. The van der Waals surface area contributed by atoms with Crippen LogP contribution in [0.15, 0.2) is 42.5 Å². The Morgan fingerprint density at radius 3 is 2.53 bits per heavy atom. The van der Waals surface area contributed by atoms with Crippen LogP contribution in [0.1, 0.15) is 22.8 Å². The summed E-state index contributed by atoms with van der Waals surface area (Å²) in [5.74, 6) is 0.250. The fourth-order valence-electron chi connectivity index (χ4n) is 1.60. The van der Waals surface area contributed by atoms with Crippen molar-refractivity contribution in [3.8, 4) is 5.75 Å². The van der Waals surface area contributed by atoms with Gasteiger partial charge in [-0.3, -0.25) is 4.79 Å². The SMILES string of the molecule is CC(=O)c1ccc(OCc2cc(F)ccc2Cl)cc1. The maximum absolute atomic E-state index is 13.1. The van der Waals surface area contributed by atoms with Crippen LogP contribution in [0.3, 0.4) is 0 Å². The molecular formula is C15H12ClFO2. The van der Waals surface area contributed by atoms with Gasteiger partial charge in [0.25, 0.3) is 0 Å². The molecule has 0 spiro atoms. The molecule has 0 saturated carbocycles. The third-order valence-electron chi connectivity index (χ3n) is 2.66. The summed E-state index contributed by atoms with van der Waals surface area (Å²) >= 11 is 5.94. The minimum atomic E-state index is -0.352. The van der Waals surface area contributed by atoms with E-state index < -0.39 is 0 Å².